The van der Waals surface area contributed by atoms with Crippen LogP contribution in [-0.2, 0) is 14.9 Å². The average molecular weight is 847 g/mol. The van der Waals surface area contributed by atoms with Gasteiger partial charge < -0.3 is 18.9 Å². The Morgan fingerprint density at radius 2 is 1.13 bits per heavy atom. The summed E-state index contributed by atoms with van der Waals surface area (Å²) in [5.41, 5.74) is 3.99. The van der Waals surface area contributed by atoms with Crippen molar-refractivity contribution >= 4 is 23.9 Å². The van der Waals surface area contributed by atoms with Crippen LogP contribution in [0.15, 0.2) is 84.9 Å². The van der Waals surface area contributed by atoms with E-state index in [2.05, 4.69) is 52.0 Å². The molecule has 7 aliphatic rings. The molecule has 5 fully saturated rings. The van der Waals surface area contributed by atoms with Gasteiger partial charge in [0.05, 0.1) is 22.3 Å². The van der Waals surface area contributed by atoms with E-state index < -0.39 is 23.9 Å². The van der Waals surface area contributed by atoms with E-state index in [0.29, 0.717) is 34.3 Å². The first-order valence-corrected chi connectivity index (χ1v) is 23.7. The van der Waals surface area contributed by atoms with Gasteiger partial charge in [0.1, 0.15) is 23.0 Å². The molecule has 10 unspecified atom stereocenters. The summed E-state index contributed by atoms with van der Waals surface area (Å²) in [5, 5.41) is 0. The van der Waals surface area contributed by atoms with Gasteiger partial charge in [-0.3, -0.25) is 0 Å². The maximum Gasteiger partial charge on any atom is 0.347 e. The average Bonchev–Trinajstić information content (AvgIpc) is 3.60. The predicted octanol–water partition coefficient (Wildman–Crippen LogP) is 12.9. The van der Waals surface area contributed by atoms with E-state index in [-0.39, 0.29) is 33.1 Å². The van der Waals surface area contributed by atoms with Gasteiger partial charge in [-0.1, -0.05) is 58.4 Å². The third-order valence-corrected chi connectivity index (χ3v) is 18.3. The van der Waals surface area contributed by atoms with Gasteiger partial charge in [0.25, 0.3) is 0 Å². The van der Waals surface area contributed by atoms with Crippen molar-refractivity contribution in [3.05, 3.63) is 118 Å². The summed E-state index contributed by atoms with van der Waals surface area (Å²) in [6.07, 6.45) is 15.8. The highest BCUT2D eigenvalue weighted by atomic mass is 16.6. The zero-order valence-corrected chi connectivity index (χ0v) is 37.0. The van der Waals surface area contributed by atoms with Crippen LogP contribution in [0.25, 0.3) is 0 Å². The van der Waals surface area contributed by atoms with Crippen LogP contribution in [0, 0.1) is 58.2 Å². The fourth-order valence-corrected chi connectivity index (χ4v) is 14.6. The van der Waals surface area contributed by atoms with E-state index in [0.717, 1.165) is 54.3 Å². The number of esters is 4. The van der Waals surface area contributed by atoms with Crippen LogP contribution < -0.4 is 9.47 Å². The van der Waals surface area contributed by atoms with E-state index in [1.165, 1.54) is 75.3 Å². The molecule has 0 radical (unpaired) electrons. The first-order chi connectivity index (χ1) is 30.3. The molecule has 63 heavy (non-hydrogen) atoms. The van der Waals surface area contributed by atoms with Gasteiger partial charge in [0.2, 0.25) is 0 Å². The second-order valence-electron chi connectivity index (χ2n) is 21.2. The first-order valence-electron chi connectivity index (χ1n) is 23.7. The Morgan fingerprint density at radius 1 is 0.603 bits per heavy atom. The normalized spacial score (nSPS) is 32.7. The van der Waals surface area contributed by atoms with Crippen LogP contribution in [0.3, 0.4) is 0 Å². The van der Waals surface area contributed by atoms with Gasteiger partial charge in [0, 0.05) is 5.41 Å². The van der Waals surface area contributed by atoms with Crippen molar-refractivity contribution < 1.29 is 38.1 Å². The number of carbonyl (C=O) groups is 4. The van der Waals surface area contributed by atoms with Crippen molar-refractivity contribution in [2.75, 3.05) is 0 Å². The Labute approximate surface area is 370 Å². The lowest BCUT2D eigenvalue weighted by Crippen LogP contribution is -2.55. The molecule has 0 saturated heterocycles. The third-order valence-electron chi connectivity index (χ3n) is 18.3. The smallest absolute Gasteiger partial charge is 0.347 e. The van der Waals surface area contributed by atoms with Crippen molar-refractivity contribution in [3.63, 3.8) is 0 Å². The molecule has 0 spiro atoms. The van der Waals surface area contributed by atoms with E-state index in [1.54, 1.807) is 36.4 Å². The molecule has 2 heterocycles. The van der Waals surface area contributed by atoms with Gasteiger partial charge in [-0.05, 0) is 201 Å². The molecule has 11 rings (SSSR count). The van der Waals surface area contributed by atoms with Crippen LogP contribution in [0.5, 0.6) is 23.0 Å². The van der Waals surface area contributed by atoms with Crippen molar-refractivity contribution in [1.82, 2.24) is 0 Å². The number of benzene rings is 4. The molecule has 4 aromatic carbocycles. The zero-order valence-electron chi connectivity index (χ0n) is 37.0. The highest BCUT2D eigenvalue weighted by Crippen LogP contribution is 2.70. The summed E-state index contributed by atoms with van der Waals surface area (Å²) in [6, 6.07) is 26.6. The number of hydrogen-bond donors (Lipinski definition) is 0. The van der Waals surface area contributed by atoms with E-state index in [9.17, 15) is 19.2 Å². The Balaban J connectivity index is 0.863. The Morgan fingerprint density at radius 3 is 1.68 bits per heavy atom. The summed E-state index contributed by atoms with van der Waals surface area (Å²) in [6.45, 7) is 10.4. The molecule has 8 nitrogen and oxygen atoms in total. The topological polar surface area (TPSA) is 105 Å². The van der Waals surface area contributed by atoms with Crippen LogP contribution in [0.4, 0.5) is 0 Å². The summed E-state index contributed by atoms with van der Waals surface area (Å²) in [5.74, 6) is 6.32. The van der Waals surface area contributed by atoms with Crippen molar-refractivity contribution in [1.29, 1.82) is 0 Å². The summed E-state index contributed by atoms with van der Waals surface area (Å²) >= 11 is 0. The van der Waals surface area contributed by atoms with Gasteiger partial charge >= 0.3 is 23.9 Å². The maximum atomic E-state index is 12.3. The van der Waals surface area contributed by atoms with E-state index >= 15 is 0 Å². The molecular weight excluding hydrogens is 789 g/mol. The van der Waals surface area contributed by atoms with Crippen LogP contribution >= 0.6 is 0 Å². The minimum atomic E-state index is -0.654. The maximum absolute atomic E-state index is 12.3. The highest BCUT2D eigenvalue weighted by Gasteiger charge is 2.62. The van der Waals surface area contributed by atoms with Crippen molar-refractivity contribution in [2.24, 2.45) is 58.2 Å². The van der Waals surface area contributed by atoms with E-state index in [4.69, 9.17) is 18.9 Å². The molecule has 0 bridgehead atoms. The molecule has 5 saturated carbocycles. The molecule has 0 aromatic heterocycles. The van der Waals surface area contributed by atoms with Crippen LogP contribution in [0.2, 0.25) is 0 Å². The SMILES string of the molecule is CC1CC1CCC(C)C1CCC2C3CCC4CC(c5ccc(Oc6ccc7c(c6)C(=O)OC7=O)cc5)(c5ccc(Oc6ccc7c(c6)C(=O)OC7=O)cc5)CCC4(C)C3CCC12C. The number of hydrogen-bond acceptors (Lipinski definition) is 8. The second kappa shape index (κ2) is 14.9. The molecule has 326 valence electrons. The van der Waals surface area contributed by atoms with Crippen LogP contribution in [-0.4, -0.2) is 23.9 Å². The fraction of sp³-hybridized carbons (Fsp3) is 0.491. The summed E-state index contributed by atoms with van der Waals surface area (Å²) in [7, 11) is 0. The standard InChI is InChI=1S/C55H58O8/c1-31(5-6-33-27-32(33)2)46-21-22-47-43-18-11-36-30-55(26-25-53(36,3)48(43)23-24-54(46,47)4,34-7-12-37(13-8-34)60-39-16-19-41-44(28-39)51(58)62-49(41)56)35-9-14-38(15-10-35)61-40-17-20-42-45(29-40)52(59)63-50(42)57/h7-10,12-17,19-20,28-29,31-33,36,43,46-48H,5-6,11,18,21-27,30H2,1-4H3. The van der Waals surface area contributed by atoms with E-state index in [1.807, 2.05) is 24.3 Å². The first kappa shape index (κ1) is 40.5. The predicted molar refractivity (Wildman–Crippen MR) is 237 cm³/mol. The number of rotatable bonds is 10. The lowest BCUT2D eigenvalue weighted by Gasteiger charge is -2.63. The molecule has 5 aliphatic carbocycles. The summed E-state index contributed by atoms with van der Waals surface area (Å²) in [4.78, 5) is 48.6. The van der Waals surface area contributed by atoms with Crippen LogP contribution in [0.1, 0.15) is 157 Å². The third kappa shape index (κ3) is 6.67. The summed E-state index contributed by atoms with van der Waals surface area (Å²) < 4.78 is 22.1. The van der Waals surface area contributed by atoms with Gasteiger partial charge in [0.15, 0.2) is 0 Å². The number of ether oxygens (including phenoxy) is 4. The Hall–Kier alpha value is -5.24. The molecule has 0 amide bonds. The van der Waals surface area contributed by atoms with Crippen molar-refractivity contribution in [2.45, 2.75) is 110 Å². The zero-order chi connectivity index (χ0) is 43.4. The minimum Gasteiger partial charge on any atom is -0.457 e. The highest BCUT2D eigenvalue weighted by molar-refractivity contribution is 6.15. The Kier molecular flexibility index (Phi) is 9.60. The lowest BCUT2D eigenvalue weighted by atomic mass is 9.42. The fourth-order valence-electron chi connectivity index (χ4n) is 14.6. The number of carbonyl (C=O) groups excluding carboxylic acids is 4. The molecule has 2 aliphatic heterocycles. The largest absolute Gasteiger partial charge is 0.457 e. The van der Waals surface area contributed by atoms with Gasteiger partial charge in [-0.25, -0.2) is 19.2 Å². The quantitative estimate of drug-likeness (QED) is 0.115. The lowest BCUT2D eigenvalue weighted by molar-refractivity contribution is -0.122. The molecular formula is C55H58O8. The molecule has 0 N–H and O–H groups in total. The minimum absolute atomic E-state index is 0.220. The van der Waals surface area contributed by atoms with Gasteiger partial charge in [-0.15, -0.1) is 0 Å². The van der Waals surface area contributed by atoms with Crippen molar-refractivity contribution in [3.8, 4) is 23.0 Å². The number of fused-ring (bicyclic) bond motifs is 7. The van der Waals surface area contributed by atoms with Gasteiger partial charge in [-0.2, -0.15) is 0 Å². The molecule has 4 aromatic rings. The molecule has 8 heteroatoms. The molecule has 10 atom stereocenters. The number of cyclic esters (lactones) is 4. The monoisotopic (exact) mass is 846 g/mol. The Bertz CT molecular complexity index is 2400. The second-order valence-corrected chi connectivity index (χ2v) is 21.2.